The van der Waals surface area contributed by atoms with Gasteiger partial charge in [0.05, 0.1) is 12.8 Å². The molecule has 178 valence electrons. The normalized spacial score (nSPS) is 17.4. The molecule has 2 N–H and O–H groups in total. The smallest absolute Gasteiger partial charge is 0.249 e. The van der Waals surface area contributed by atoms with Crippen molar-refractivity contribution in [3.63, 3.8) is 0 Å². The highest BCUT2D eigenvalue weighted by molar-refractivity contribution is 7.89. The van der Waals surface area contributed by atoms with E-state index in [4.69, 9.17) is 4.74 Å². The molecule has 1 aliphatic carbocycles. The van der Waals surface area contributed by atoms with E-state index >= 15 is 0 Å². The lowest BCUT2D eigenvalue weighted by atomic mass is 9.96. The molecule has 0 spiro atoms. The second-order valence-corrected chi connectivity index (χ2v) is 10.3. The third-order valence-corrected chi connectivity index (χ3v) is 7.72. The molecule has 1 saturated carbocycles. The minimum Gasteiger partial charge on any atom is -0.495 e. The van der Waals surface area contributed by atoms with Gasteiger partial charge < -0.3 is 10.1 Å². The summed E-state index contributed by atoms with van der Waals surface area (Å²) in [7, 11) is -2.42. The quantitative estimate of drug-likeness (QED) is 0.634. The van der Waals surface area contributed by atoms with E-state index in [0.717, 1.165) is 38.5 Å². The Kier molecular flexibility index (Phi) is 6.85. The largest absolute Gasteiger partial charge is 0.495 e. The molecule has 0 unspecified atom stereocenters. The lowest BCUT2D eigenvalue weighted by Gasteiger charge is -2.23. The highest BCUT2D eigenvalue weighted by Gasteiger charge is 2.30. The first-order valence-corrected chi connectivity index (χ1v) is 13.0. The van der Waals surface area contributed by atoms with Crippen molar-refractivity contribution in [1.82, 2.24) is 14.5 Å². The van der Waals surface area contributed by atoms with Gasteiger partial charge in [0.1, 0.15) is 16.5 Å². The van der Waals surface area contributed by atoms with Gasteiger partial charge in [0.25, 0.3) is 0 Å². The van der Waals surface area contributed by atoms with Crippen LogP contribution in [0, 0.1) is 0 Å². The van der Waals surface area contributed by atoms with Crippen LogP contribution in [0.2, 0.25) is 0 Å². The molecule has 33 heavy (non-hydrogen) atoms. The molecular formula is C23H30N4O5S. The fourth-order valence-corrected chi connectivity index (χ4v) is 6.04. The fourth-order valence-electron chi connectivity index (χ4n) is 4.54. The maximum absolute atomic E-state index is 13.3. The Bertz CT molecular complexity index is 1170. The van der Waals surface area contributed by atoms with Crippen LogP contribution in [-0.4, -0.2) is 43.2 Å². The van der Waals surface area contributed by atoms with Gasteiger partial charge >= 0.3 is 0 Å². The molecule has 0 atom stereocenters. The Morgan fingerprint density at radius 2 is 1.94 bits per heavy atom. The molecule has 1 fully saturated rings. The summed E-state index contributed by atoms with van der Waals surface area (Å²) in [5.41, 5.74) is 1.76. The second kappa shape index (κ2) is 9.64. The van der Waals surface area contributed by atoms with E-state index in [-0.39, 0.29) is 41.3 Å². The number of aryl methyl sites for hydroxylation is 1. The van der Waals surface area contributed by atoms with E-state index < -0.39 is 10.0 Å². The molecule has 1 aromatic heterocycles. The van der Waals surface area contributed by atoms with Crippen LogP contribution in [0.3, 0.4) is 0 Å². The number of fused-ring (bicyclic) bond motifs is 1. The molecule has 10 heteroatoms. The summed E-state index contributed by atoms with van der Waals surface area (Å²) in [6.07, 6.45) is 6.25. The molecule has 2 heterocycles. The van der Waals surface area contributed by atoms with Crippen LogP contribution in [0.5, 0.6) is 5.75 Å². The van der Waals surface area contributed by atoms with E-state index in [1.165, 1.54) is 11.8 Å². The molecule has 1 amide bonds. The van der Waals surface area contributed by atoms with Crippen LogP contribution < -0.4 is 14.8 Å². The zero-order valence-corrected chi connectivity index (χ0v) is 19.8. The average Bonchev–Trinajstić information content (AvgIpc) is 3.08. The van der Waals surface area contributed by atoms with Crippen LogP contribution in [0.1, 0.15) is 68.8 Å². The Labute approximate surface area is 193 Å². The first-order chi connectivity index (χ1) is 15.8. The summed E-state index contributed by atoms with van der Waals surface area (Å²) in [5, 5.41) is 7.27. The number of rotatable bonds is 7. The van der Waals surface area contributed by atoms with Gasteiger partial charge in [0.2, 0.25) is 21.8 Å². The third-order valence-electron chi connectivity index (χ3n) is 6.17. The summed E-state index contributed by atoms with van der Waals surface area (Å²) < 4.78 is 36.1. The van der Waals surface area contributed by atoms with Gasteiger partial charge in [0.15, 0.2) is 0 Å². The van der Waals surface area contributed by atoms with Crippen molar-refractivity contribution in [2.45, 2.75) is 75.6 Å². The number of anilines is 1. The minimum atomic E-state index is -3.85. The lowest BCUT2D eigenvalue weighted by Crippen LogP contribution is -2.36. The van der Waals surface area contributed by atoms with Crippen LogP contribution in [-0.2, 0) is 21.2 Å². The van der Waals surface area contributed by atoms with Gasteiger partial charge in [-0.1, -0.05) is 38.7 Å². The molecule has 0 saturated heterocycles. The van der Waals surface area contributed by atoms with Crippen molar-refractivity contribution >= 4 is 27.7 Å². The summed E-state index contributed by atoms with van der Waals surface area (Å²) in [5.74, 6) is -0.0175. The highest BCUT2D eigenvalue weighted by atomic mass is 32.2. The Morgan fingerprint density at radius 3 is 2.64 bits per heavy atom. The Hall–Kier alpha value is -2.72. The number of sulfonamides is 1. The zero-order valence-electron chi connectivity index (χ0n) is 19.0. The Morgan fingerprint density at radius 1 is 1.18 bits per heavy atom. The fraction of sp³-hybridized carbons (Fsp3) is 0.522. The van der Waals surface area contributed by atoms with Crippen molar-refractivity contribution in [3.8, 4) is 16.9 Å². The molecule has 2 aromatic rings. The number of benzene rings is 1. The SMILES string of the molecule is CCCc1nn2c(c1-c1ccc(OC)c(S(=O)(=O)NC3CCCCC3)c1)NC(=O)CCC2=O. The zero-order chi connectivity index (χ0) is 23.6. The minimum absolute atomic E-state index is 0.0294. The van der Waals surface area contributed by atoms with Crippen molar-refractivity contribution in [3.05, 3.63) is 23.9 Å². The van der Waals surface area contributed by atoms with E-state index in [1.807, 2.05) is 6.92 Å². The van der Waals surface area contributed by atoms with Crippen molar-refractivity contribution in [1.29, 1.82) is 0 Å². The molecule has 0 bridgehead atoms. The Balaban J connectivity index is 1.82. The van der Waals surface area contributed by atoms with Crippen LogP contribution in [0.25, 0.3) is 11.1 Å². The first kappa shape index (κ1) is 23.4. The molecule has 2 aliphatic rings. The van der Waals surface area contributed by atoms with E-state index in [9.17, 15) is 18.0 Å². The first-order valence-electron chi connectivity index (χ1n) is 11.5. The van der Waals surface area contributed by atoms with Crippen molar-refractivity contribution in [2.24, 2.45) is 0 Å². The summed E-state index contributed by atoms with van der Waals surface area (Å²) in [6.45, 7) is 1.99. The topological polar surface area (TPSA) is 119 Å². The van der Waals surface area contributed by atoms with Gasteiger partial charge in [-0.25, -0.2) is 13.1 Å². The van der Waals surface area contributed by atoms with E-state index in [1.54, 1.807) is 18.2 Å². The number of ether oxygens (including phenoxy) is 1. The van der Waals surface area contributed by atoms with Crippen molar-refractivity contribution in [2.75, 3.05) is 12.4 Å². The summed E-state index contributed by atoms with van der Waals surface area (Å²) >= 11 is 0. The molecule has 0 radical (unpaired) electrons. The number of nitrogens with one attached hydrogen (secondary N) is 2. The molecule has 1 aliphatic heterocycles. The number of amides is 1. The number of carbonyl (C=O) groups excluding carboxylic acids is 2. The number of methoxy groups -OCH3 is 1. The third kappa shape index (κ3) is 4.81. The van der Waals surface area contributed by atoms with Gasteiger partial charge in [0, 0.05) is 24.4 Å². The predicted octanol–water partition coefficient (Wildman–Crippen LogP) is 3.49. The van der Waals surface area contributed by atoms with Gasteiger partial charge in [-0.2, -0.15) is 9.78 Å². The van der Waals surface area contributed by atoms with Crippen molar-refractivity contribution < 1.29 is 22.7 Å². The number of hydrogen-bond donors (Lipinski definition) is 2. The van der Waals surface area contributed by atoms with Crippen LogP contribution in [0.4, 0.5) is 5.82 Å². The monoisotopic (exact) mass is 474 g/mol. The van der Waals surface area contributed by atoms with Crippen LogP contribution >= 0.6 is 0 Å². The van der Waals surface area contributed by atoms with E-state index in [0.29, 0.717) is 29.1 Å². The van der Waals surface area contributed by atoms with Gasteiger partial charge in [-0.3, -0.25) is 9.59 Å². The maximum Gasteiger partial charge on any atom is 0.249 e. The number of aromatic nitrogens is 2. The highest BCUT2D eigenvalue weighted by Crippen LogP contribution is 2.38. The van der Waals surface area contributed by atoms with Gasteiger partial charge in [-0.15, -0.1) is 0 Å². The van der Waals surface area contributed by atoms with Crippen LogP contribution in [0.15, 0.2) is 23.1 Å². The second-order valence-electron chi connectivity index (χ2n) is 8.60. The number of carbonyl (C=O) groups is 2. The number of nitrogens with zero attached hydrogens (tertiary/aromatic N) is 2. The molecule has 9 nitrogen and oxygen atoms in total. The number of hydrogen-bond acceptors (Lipinski definition) is 6. The standard InChI is InChI=1S/C23H30N4O5S/c1-3-7-17-22(23-24-20(28)12-13-21(29)27(23)25-17)15-10-11-18(32-2)19(14-15)33(30,31)26-16-8-5-4-6-9-16/h10-11,14,16,26H,3-9,12-13H2,1-2H3,(H,24,28). The lowest BCUT2D eigenvalue weighted by molar-refractivity contribution is -0.116. The van der Waals surface area contributed by atoms with Gasteiger partial charge in [-0.05, 0) is 37.0 Å². The molecule has 4 rings (SSSR count). The average molecular weight is 475 g/mol. The molecule has 1 aromatic carbocycles. The maximum atomic E-state index is 13.3. The molecular weight excluding hydrogens is 444 g/mol. The van der Waals surface area contributed by atoms with E-state index in [2.05, 4.69) is 15.1 Å². The summed E-state index contributed by atoms with van der Waals surface area (Å²) in [6, 6.07) is 4.78. The predicted molar refractivity (Wildman–Crippen MR) is 124 cm³/mol. The summed E-state index contributed by atoms with van der Waals surface area (Å²) in [4.78, 5) is 24.9.